The number of urea groups is 1. The lowest BCUT2D eigenvalue weighted by Crippen LogP contribution is -2.40. The normalized spacial score (nSPS) is 18.0. The van der Waals surface area contributed by atoms with Gasteiger partial charge < -0.3 is 15.0 Å². The van der Waals surface area contributed by atoms with Crippen molar-refractivity contribution in [3.05, 3.63) is 34.3 Å². The van der Waals surface area contributed by atoms with Crippen LogP contribution in [0.3, 0.4) is 0 Å². The largest absolute Gasteiger partial charge is 0.381 e. The van der Waals surface area contributed by atoms with Crippen molar-refractivity contribution in [3.63, 3.8) is 0 Å². The summed E-state index contributed by atoms with van der Waals surface area (Å²) in [6.07, 6.45) is 1.91. The predicted molar refractivity (Wildman–Crippen MR) is 82.8 cm³/mol. The fourth-order valence-electron chi connectivity index (χ4n) is 2.16. The van der Waals surface area contributed by atoms with Gasteiger partial charge in [0.25, 0.3) is 0 Å². The summed E-state index contributed by atoms with van der Waals surface area (Å²) >= 11 is 3.42. The Morgan fingerprint density at radius 1 is 1.45 bits per heavy atom. The Bertz CT molecular complexity index is 430. The lowest BCUT2D eigenvalue weighted by molar-refractivity contribution is 0.182. The van der Waals surface area contributed by atoms with Crippen molar-refractivity contribution in [3.8, 4) is 0 Å². The van der Waals surface area contributed by atoms with Gasteiger partial charge in [0.05, 0.1) is 6.61 Å². The molecule has 110 valence electrons. The van der Waals surface area contributed by atoms with Crippen molar-refractivity contribution in [1.29, 1.82) is 0 Å². The maximum absolute atomic E-state index is 11.9. The quantitative estimate of drug-likeness (QED) is 0.895. The molecule has 0 bridgehead atoms. The van der Waals surface area contributed by atoms with Crippen LogP contribution in [0.5, 0.6) is 0 Å². The summed E-state index contributed by atoms with van der Waals surface area (Å²) in [5.74, 6) is 0.471. The number of likely N-dealkylation sites (N-methyl/N-ethyl adjacent to an activating group) is 1. The molecular formula is C15H21BrN2O2. The zero-order valence-electron chi connectivity index (χ0n) is 11.8. The molecule has 1 fully saturated rings. The Kier molecular flexibility index (Phi) is 5.86. The zero-order valence-corrected chi connectivity index (χ0v) is 13.4. The van der Waals surface area contributed by atoms with E-state index in [-0.39, 0.29) is 6.03 Å². The van der Waals surface area contributed by atoms with Crippen LogP contribution in [0.2, 0.25) is 0 Å². The predicted octanol–water partition coefficient (Wildman–Crippen LogP) is 2.67. The fourth-order valence-corrected chi connectivity index (χ4v) is 2.42. The first-order valence-corrected chi connectivity index (χ1v) is 7.75. The summed E-state index contributed by atoms with van der Waals surface area (Å²) in [4.78, 5) is 13.7. The smallest absolute Gasteiger partial charge is 0.317 e. The van der Waals surface area contributed by atoms with Crippen LogP contribution in [0.4, 0.5) is 4.79 Å². The second-order valence-corrected chi connectivity index (χ2v) is 6.13. The molecule has 1 aromatic carbocycles. The summed E-state index contributed by atoms with van der Waals surface area (Å²) in [5, 5.41) is 2.97. The number of hydrogen-bond donors (Lipinski definition) is 1. The highest BCUT2D eigenvalue weighted by Gasteiger charge is 2.17. The third-order valence-corrected chi connectivity index (χ3v) is 4.09. The molecule has 1 heterocycles. The molecule has 1 N–H and O–H groups in total. The molecule has 0 aromatic heterocycles. The number of carbonyl (C=O) groups excluding carboxylic acids is 1. The molecule has 0 aliphatic carbocycles. The van der Waals surface area contributed by atoms with E-state index >= 15 is 0 Å². The number of nitrogens with zero attached hydrogens (tertiary/aromatic N) is 1. The van der Waals surface area contributed by atoms with Gasteiger partial charge in [0.2, 0.25) is 0 Å². The molecular weight excluding hydrogens is 320 g/mol. The molecule has 20 heavy (non-hydrogen) atoms. The van der Waals surface area contributed by atoms with Gasteiger partial charge in [0.1, 0.15) is 0 Å². The van der Waals surface area contributed by atoms with Gasteiger partial charge in [-0.2, -0.15) is 0 Å². The molecule has 1 unspecified atom stereocenters. The zero-order chi connectivity index (χ0) is 14.4. The molecule has 2 rings (SSSR count). The number of halogens is 1. The van der Waals surface area contributed by atoms with Crippen LogP contribution in [0.15, 0.2) is 28.7 Å². The number of rotatable bonds is 5. The van der Waals surface area contributed by atoms with Gasteiger partial charge >= 0.3 is 6.03 Å². The summed E-state index contributed by atoms with van der Waals surface area (Å²) in [6, 6.07) is 8.19. The number of amides is 2. The molecule has 4 nitrogen and oxygen atoms in total. The monoisotopic (exact) mass is 340 g/mol. The van der Waals surface area contributed by atoms with Crippen LogP contribution in [0, 0.1) is 5.92 Å². The van der Waals surface area contributed by atoms with Gasteiger partial charge in [-0.1, -0.05) is 28.1 Å². The lowest BCUT2D eigenvalue weighted by Gasteiger charge is -2.19. The van der Waals surface area contributed by atoms with Gasteiger partial charge in [0.15, 0.2) is 0 Å². The molecule has 0 spiro atoms. The van der Waals surface area contributed by atoms with E-state index in [2.05, 4.69) is 33.4 Å². The average Bonchev–Trinajstić information content (AvgIpc) is 2.97. The van der Waals surface area contributed by atoms with Crippen LogP contribution in [0.1, 0.15) is 12.0 Å². The highest BCUT2D eigenvalue weighted by Crippen LogP contribution is 2.12. The topological polar surface area (TPSA) is 41.6 Å². The highest BCUT2D eigenvalue weighted by molar-refractivity contribution is 9.10. The van der Waals surface area contributed by atoms with E-state index in [1.165, 1.54) is 5.56 Å². The Morgan fingerprint density at radius 3 is 2.85 bits per heavy atom. The van der Waals surface area contributed by atoms with Crippen LogP contribution in [-0.2, 0) is 11.2 Å². The van der Waals surface area contributed by atoms with Crippen molar-refractivity contribution < 1.29 is 9.53 Å². The molecule has 1 aromatic rings. The summed E-state index contributed by atoms with van der Waals surface area (Å²) in [7, 11) is 1.83. The van der Waals surface area contributed by atoms with E-state index in [1.807, 2.05) is 19.2 Å². The third kappa shape index (κ3) is 4.80. The fraction of sp³-hybridized carbons (Fsp3) is 0.533. The SMILES string of the molecule is CN(CCc1ccc(Br)cc1)C(=O)NCC1CCOC1. The van der Waals surface area contributed by atoms with Gasteiger partial charge in [-0.3, -0.25) is 0 Å². The minimum atomic E-state index is -0.00554. The Morgan fingerprint density at radius 2 is 2.20 bits per heavy atom. The number of benzene rings is 1. The molecule has 1 aliphatic rings. The lowest BCUT2D eigenvalue weighted by atomic mass is 10.1. The Balaban J connectivity index is 1.69. The van der Waals surface area contributed by atoms with Crippen LogP contribution >= 0.6 is 15.9 Å². The van der Waals surface area contributed by atoms with Crippen molar-refractivity contribution in [2.45, 2.75) is 12.8 Å². The first-order valence-electron chi connectivity index (χ1n) is 6.96. The third-order valence-electron chi connectivity index (χ3n) is 3.56. The minimum absolute atomic E-state index is 0.00554. The van der Waals surface area contributed by atoms with E-state index < -0.39 is 0 Å². The van der Waals surface area contributed by atoms with Crippen molar-refractivity contribution in [2.24, 2.45) is 5.92 Å². The molecule has 1 saturated heterocycles. The number of nitrogens with one attached hydrogen (secondary N) is 1. The molecule has 0 radical (unpaired) electrons. The van der Waals surface area contributed by atoms with E-state index in [1.54, 1.807) is 4.90 Å². The highest BCUT2D eigenvalue weighted by atomic mass is 79.9. The second-order valence-electron chi connectivity index (χ2n) is 5.21. The molecule has 5 heteroatoms. The summed E-state index contributed by atoms with van der Waals surface area (Å²) < 4.78 is 6.37. The minimum Gasteiger partial charge on any atom is -0.381 e. The van der Waals surface area contributed by atoms with Crippen molar-refractivity contribution in [1.82, 2.24) is 10.2 Å². The first-order chi connectivity index (χ1) is 9.65. The van der Waals surface area contributed by atoms with Gasteiger partial charge in [-0.05, 0) is 30.5 Å². The van der Waals surface area contributed by atoms with E-state index in [4.69, 9.17) is 4.74 Å². The van der Waals surface area contributed by atoms with Gasteiger partial charge in [-0.25, -0.2) is 4.79 Å². The van der Waals surface area contributed by atoms with Crippen molar-refractivity contribution >= 4 is 22.0 Å². The maximum Gasteiger partial charge on any atom is 0.317 e. The first kappa shape index (κ1) is 15.3. The Hall–Kier alpha value is -1.07. The van der Waals surface area contributed by atoms with Gasteiger partial charge in [-0.15, -0.1) is 0 Å². The van der Waals surface area contributed by atoms with Gasteiger partial charge in [0, 0.05) is 37.1 Å². The Labute approximate surface area is 128 Å². The molecule has 0 saturated carbocycles. The van der Waals surface area contributed by atoms with E-state index in [9.17, 15) is 4.79 Å². The maximum atomic E-state index is 11.9. The van der Waals surface area contributed by atoms with Crippen LogP contribution in [-0.4, -0.2) is 44.3 Å². The second kappa shape index (κ2) is 7.64. The summed E-state index contributed by atoms with van der Waals surface area (Å²) in [5.41, 5.74) is 1.23. The van der Waals surface area contributed by atoms with Crippen molar-refractivity contribution in [2.75, 3.05) is 33.4 Å². The van der Waals surface area contributed by atoms with E-state index in [0.717, 1.165) is 30.5 Å². The van der Waals surface area contributed by atoms with Crippen LogP contribution in [0.25, 0.3) is 0 Å². The average molecular weight is 341 g/mol. The molecule has 2 amide bonds. The molecule has 1 atom stereocenters. The number of carbonyl (C=O) groups is 1. The van der Waals surface area contributed by atoms with E-state index in [0.29, 0.717) is 19.0 Å². The summed E-state index contributed by atoms with van der Waals surface area (Å²) in [6.45, 7) is 3.01. The van der Waals surface area contributed by atoms with Crippen LogP contribution < -0.4 is 5.32 Å². The number of ether oxygens (including phenoxy) is 1. The molecule has 1 aliphatic heterocycles. The standard InChI is InChI=1S/C15H21BrN2O2/c1-18(8-6-12-2-4-14(16)5-3-12)15(19)17-10-13-7-9-20-11-13/h2-5,13H,6-11H2,1H3,(H,17,19). The number of hydrogen-bond acceptors (Lipinski definition) is 2.